The van der Waals surface area contributed by atoms with Crippen LogP contribution in [0.4, 0.5) is 0 Å². The minimum Gasteiger partial charge on any atom is -0.301 e. The summed E-state index contributed by atoms with van der Waals surface area (Å²) in [5.74, 6) is 0.503. The molecule has 0 aliphatic carbocycles. The Bertz CT molecular complexity index is 1280. The van der Waals surface area contributed by atoms with E-state index in [-0.39, 0.29) is 12.2 Å². The molecule has 1 fully saturated rings. The van der Waals surface area contributed by atoms with Crippen molar-refractivity contribution in [3.8, 4) is 11.1 Å². The number of hydrogen-bond donors (Lipinski definition) is 0. The van der Waals surface area contributed by atoms with Crippen molar-refractivity contribution < 1.29 is 4.79 Å². The van der Waals surface area contributed by atoms with Gasteiger partial charge in [0.25, 0.3) is 0 Å². The smallest absolute Gasteiger partial charge is 0.187 e. The minimum atomic E-state index is 0.0346. The van der Waals surface area contributed by atoms with Gasteiger partial charge in [-0.3, -0.25) is 14.5 Å². The van der Waals surface area contributed by atoms with Gasteiger partial charge in [-0.15, -0.1) is 11.3 Å². The van der Waals surface area contributed by atoms with E-state index in [0.717, 1.165) is 58.5 Å². The first-order valence-corrected chi connectivity index (χ1v) is 12.4. The van der Waals surface area contributed by atoms with Crippen LogP contribution in [0, 0.1) is 0 Å². The third kappa shape index (κ3) is 4.75. The quantitative estimate of drug-likeness (QED) is 0.375. The van der Waals surface area contributed by atoms with Gasteiger partial charge >= 0.3 is 0 Å². The third-order valence-corrected chi connectivity index (χ3v) is 7.58. The van der Waals surface area contributed by atoms with Crippen molar-refractivity contribution >= 4 is 27.9 Å². The number of nitrogens with zero attached hydrogens (tertiary/aromatic N) is 5. The molecular formula is C26H29N5OS. The van der Waals surface area contributed by atoms with Gasteiger partial charge in [0.15, 0.2) is 5.78 Å². The number of rotatable bonds is 6. The van der Waals surface area contributed by atoms with Crippen LogP contribution < -0.4 is 0 Å². The van der Waals surface area contributed by atoms with Crippen molar-refractivity contribution in [1.29, 1.82) is 0 Å². The Hall–Kier alpha value is -2.90. The van der Waals surface area contributed by atoms with Crippen molar-refractivity contribution in [2.45, 2.75) is 45.1 Å². The van der Waals surface area contributed by atoms with Crippen LogP contribution in [0.15, 0.2) is 48.2 Å². The van der Waals surface area contributed by atoms with Crippen LogP contribution in [0.5, 0.6) is 0 Å². The van der Waals surface area contributed by atoms with Crippen LogP contribution in [0.2, 0.25) is 0 Å². The molecule has 0 radical (unpaired) electrons. The van der Waals surface area contributed by atoms with E-state index in [1.807, 2.05) is 37.1 Å². The number of ketones is 1. The molecule has 6 nitrogen and oxygen atoms in total. The summed E-state index contributed by atoms with van der Waals surface area (Å²) in [4.78, 5) is 24.7. The molecule has 4 heterocycles. The van der Waals surface area contributed by atoms with E-state index in [2.05, 4.69) is 47.0 Å². The zero-order chi connectivity index (χ0) is 22.9. The van der Waals surface area contributed by atoms with Crippen molar-refractivity contribution in [1.82, 2.24) is 24.6 Å². The first-order chi connectivity index (χ1) is 16.0. The maximum atomic E-state index is 13.0. The first kappa shape index (κ1) is 21.9. The number of aryl methyl sites for hydroxylation is 1. The molecule has 7 heteroatoms. The summed E-state index contributed by atoms with van der Waals surface area (Å²) < 4.78 is 1.80. The van der Waals surface area contributed by atoms with E-state index in [1.54, 1.807) is 16.0 Å². The Kier molecular flexibility index (Phi) is 6.08. The molecule has 1 saturated heterocycles. The second-order valence-electron chi connectivity index (χ2n) is 9.22. The molecule has 170 valence electrons. The molecule has 0 N–H and O–H groups in total. The van der Waals surface area contributed by atoms with Gasteiger partial charge in [-0.25, -0.2) is 4.98 Å². The van der Waals surface area contributed by atoms with Gasteiger partial charge in [0, 0.05) is 53.4 Å². The normalized spacial score (nSPS) is 15.5. The predicted molar refractivity (Wildman–Crippen MR) is 133 cm³/mol. The molecule has 5 rings (SSSR count). The zero-order valence-electron chi connectivity index (χ0n) is 19.4. The number of fused-ring (bicyclic) bond motifs is 1. The van der Waals surface area contributed by atoms with Crippen LogP contribution >= 0.6 is 11.3 Å². The Morgan fingerprint density at radius 2 is 1.94 bits per heavy atom. The number of pyridine rings is 1. The molecule has 1 aliphatic rings. The van der Waals surface area contributed by atoms with Gasteiger partial charge in [-0.2, -0.15) is 5.10 Å². The van der Waals surface area contributed by atoms with Crippen LogP contribution in [0.1, 0.15) is 53.8 Å². The fourth-order valence-electron chi connectivity index (χ4n) is 4.55. The summed E-state index contributed by atoms with van der Waals surface area (Å²) in [7, 11) is 1.91. The van der Waals surface area contributed by atoms with Crippen molar-refractivity contribution in [3.63, 3.8) is 0 Å². The molecule has 3 aromatic heterocycles. The van der Waals surface area contributed by atoms with Crippen molar-refractivity contribution in [3.05, 3.63) is 64.6 Å². The van der Waals surface area contributed by atoms with Gasteiger partial charge in [-0.1, -0.05) is 12.1 Å². The standard InChI is InChI=1S/C26H29N5OS/c1-17(2)31-8-6-18(7-9-31)26-29-24(16-33-26)25(32)12-23-11-21-10-19(4-5-20(21)13-27-23)22-14-28-30(3)15-22/h4-5,10-11,13-18H,6-9,12H2,1-3H3. The van der Waals surface area contributed by atoms with Crippen LogP contribution in [0.25, 0.3) is 21.9 Å². The summed E-state index contributed by atoms with van der Waals surface area (Å²) in [5.41, 5.74) is 3.53. The largest absolute Gasteiger partial charge is 0.301 e. The topological polar surface area (TPSA) is 63.9 Å². The number of Topliss-reactive ketones (excluding diaryl/α,β-unsaturated/α-hetero) is 1. The summed E-state index contributed by atoms with van der Waals surface area (Å²) in [6.07, 6.45) is 8.20. The number of thiazole rings is 1. The summed E-state index contributed by atoms with van der Waals surface area (Å²) in [6.45, 7) is 6.71. The van der Waals surface area contributed by atoms with E-state index < -0.39 is 0 Å². The molecule has 0 spiro atoms. The second kappa shape index (κ2) is 9.15. The van der Waals surface area contributed by atoms with Crippen LogP contribution in [-0.4, -0.2) is 49.6 Å². The molecule has 0 bridgehead atoms. The number of aromatic nitrogens is 4. The Balaban J connectivity index is 1.29. The molecule has 4 aromatic rings. The SMILES string of the molecule is CC(C)N1CCC(c2nc(C(=O)Cc3cc4cc(-c5cnn(C)c5)ccc4cn3)cs2)CC1. The highest BCUT2D eigenvalue weighted by Gasteiger charge is 2.25. The monoisotopic (exact) mass is 459 g/mol. The van der Waals surface area contributed by atoms with E-state index in [4.69, 9.17) is 4.98 Å². The molecule has 1 aliphatic heterocycles. The number of carbonyl (C=O) groups is 1. The molecular weight excluding hydrogens is 430 g/mol. The predicted octanol–water partition coefficient (Wildman–Crippen LogP) is 5.11. The highest BCUT2D eigenvalue weighted by molar-refractivity contribution is 7.09. The highest BCUT2D eigenvalue weighted by Crippen LogP contribution is 2.31. The molecule has 33 heavy (non-hydrogen) atoms. The van der Waals surface area contributed by atoms with Crippen molar-refractivity contribution in [2.24, 2.45) is 7.05 Å². The molecule has 0 amide bonds. The number of benzene rings is 1. The van der Waals surface area contributed by atoms with E-state index in [1.165, 1.54) is 0 Å². The first-order valence-electron chi connectivity index (χ1n) is 11.6. The number of carbonyl (C=O) groups excluding carboxylic acids is 1. The fourth-order valence-corrected chi connectivity index (χ4v) is 5.55. The lowest BCUT2D eigenvalue weighted by Gasteiger charge is -2.33. The molecule has 0 unspecified atom stereocenters. The average Bonchev–Trinajstić information content (AvgIpc) is 3.48. The lowest BCUT2D eigenvalue weighted by atomic mass is 9.96. The summed E-state index contributed by atoms with van der Waals surface area (Å²) in [5, 5.41) is 9.42. The fraction of sp³-hybridized carbons (Fsp3) is 0.385. The number of piperidine rings is 1. The van der Waals surface area contributed by atoms with Gasteiger partial charge in [0.05, 0.1) is 17.6 Å². The maximum absolute atomic E-state index is 13.0. The zero-order valence-corrected chi connectivity index (χ0v) is 20.2. The van der Waals surface area contributed by atoms with Gasteiger partial charge in [0.2, 0.25) is 0 Å². The Labute approximate surface area is 198 Å². The lowest BCUT2D eigenvalue weighted by molar-refractivity contribution is 0.0987. The number of hydrogen-bond acceptors (Lipinski definition) is 6. The number of likely N-dealkylation sites (tertiary alicyclic amines) is 1. The lowest BCUT2D eigenvalue weighted by Crippen LogP contribution is -2.37. The van der Waals surface area contributed by atoms with Gasteiger partial charge in [0.1, 0.15) is 5.69 Å². The molecule has 0 atom stereocenters. The minimum absolute atomic E-state index is 0.0346. The Morgan fingerprint density at radius 1 is 1.12 bits per heavy atom. The Morgan fingerprint density at radius 3 is 2.67 bits per heavy atom. The maximum Gasteiger partial charge on any atom is 0.187 e. The average molecular weight is 460 g/mol. The summed E-state index contributed by atoms with van der Waals surface area (Å²) in [6, 6.07) is 8.88. The van der Waals surface area contributed by atoms with Crippen LogP contribution in [-0.2, 0) is 13.5 Å². The van der Waals surface area contributed by atoms with E-state index in [0.29, 0.717) is 17.7 Å². The second-order valence-corrected chi connectivity index (χ2v) is 10.1. The molecule has 1 aromatic carbocycles. The van der Waals surface area contributed by atoms with E-state index >= 15 is 0 Å². The van der Waals surface area contributed by atoms with Crippen LogP contribution in [0.3, 0.4) is 0 Å². The summed E-state index contributed by atoms with van der Waals surface area (Å²) >= 11 is 1.63. The third-order valence-electron chi connectivity index (χ3n) is 6.57. The highest BCUT2D eigenvalue weighted by atomic mass is 32.1. The molecule has 0 saturated carbocycles. The van der Waals surface area contributed by atoms with E-state index in [9.17, 15) is 4.79 Å². The van der Waals surface area contributed by atoms with Crippen molar-refractivity contribution in [2.75, 3.05) is 13.1 Å². The van der Waals surface area contributed by atoms with Gasteiger partial charge in [-0.05, 0) is 62.9 Å². The van der Waals surface area contributed by atoms with Gasteiger partial charge < -0.3 is 4.90 Å².